The molecule has 0 spiro atoms. The van der Waals surface area contributed by atoms with Crippen LogP contribution in [0.5, 0.6) is 0 Å². The average molecular weight is 1150 g/mol. The lowest BCUT2D eigenvalue weighted by Gasteiger charge is -2.46. The predicted octanol–water partition coefficient (Wildman–Crippen LogP) is 13.7. The Labute approximate surface area is 423 Å². The summed E-state index contributed by atoms with van der Waals surface area (Å²) >= 11 is 0. The van der Waals surface area contributed by atoms with E-state index in [0.29, 0.717) is 17.7 Å². The van der Waals surface area contributed by atoms with E-state index in [4.69, 9.17) is 0 Å². The maximum absolute atomic E-state index is 14.2. The normalized spacial score (nSPS) is 13.3. The largest absolute Gasteiger partial charge is 0.416 e. The van der Waals surface area contributed by atoms with Crippen LogP contribution in [0.4, 0.5) is 105 Å². The van der Waals surface area contributed by atoms with E-state index in [-0.39, 0.29) is 24.0 Å². The minimum atomic E-state index is -6.13. The molecule has 0 fully saturated rings. The molecule has 1 aromatic heterocycles. The van der Waals surface area contributed by atoms with E-state index in [1.807, 2.05) is 32.0 Å². The van der Waals surface area contributed by atoms with Crippen LogP contribution in [0.1, 0.15) is 85.6 Å². The molecule has 0 amide bonds. The van der Waals surface area contributed by atoms with E-state index >= 15 is 0 Å². The molecule has 0 bridgehead atoms. The van der Waals surface area contributed by atoms with Crippen LogP contribution in [-0.4, -0.2) is 22.7 Å². The Bertz CT molecular complexity index is 2710. The summed E-state index contributed by atoms with van der Waals surface area (Å²) < 4.78 is 342. The fourth-order valence-corrected chi connectivity index (χ4v) is 8.17. The first-order valence-corrected chi connectivity index (χ1v) is 21.6. The molecule has 0 unspecified atom stereocenters. The third-order valence-corrected chi connectivity index (χ3v) is 11.6. The van der Waals surface area contributed by atoms with E-state index in [9.17, 15) is 115 Å². The first-order chi connectivity index (χ1) is 35.3. The van der Waals surface area contributed by atoms with Crippen LogP contribution in [0.2, 0.25) is 0 Å². The molecule has 6 rings (SSSR count). The van der Waals surface area contributed by atoms with E-state index < -0.39 is 195 Å². The molecule has 5 aromatic carbocycles. The van der Waals surface area contributed by atoms with Gasteiger partial charge in [0.05, 0.1) is 50.7 Å². The van der Waals surface area contributed by atoms with Gasteiger partial charge in [-0.2, -0.15) is 132 Å². The first kappa shape index (κ1) is 61.8. The minimum Gasteiger partial charge on any atom is -0.287 e. The van der Waals surface area contributed by atoms with Gasteiger partial charge in [0.15, 0.2) is 6.20 Å². The van der Waals surface area contributed by atoms with Crippen molar-refractivity contribution in [2.24, 2.45) is 5.92 Å². The molecule has 6 aromatic rings. The molecule has 1 heterocycles. The Morgan fingerprint density at radius 2 is 0.692 bits per heavy atom. The van der Waals surface area contributed by atoms with Crippen LogP contribution in [-0.2, 0) is 56.0 Å². The van der Waals surface area contributed by atoms with Gasteiger partial charge in [0.2, 0.25) is 18.1 Å². The van der Waals surface area contributed by atoms with E-state index in [1.165, 1.54) is 6.20 Å². The van der Waals surface area contributed by atoms with Crippen molar-refractivity contribution >= 4 is 39.6 Å². The first-order valence-electron chi connectivity index (χ1n) is 21.6. The summed E-state index contributed by atoms with van der Waals surface area (Å²) in [5.41, 5.74) is -29.1. The number of carbonyl (C=O) groups is 2. The van der Waals surface area contributed by atoms with E-state index in [0.717, 1.165) is 0 Å². The van der Waals surface area contributed by atoms with Crippen molar-refractivity contribution in [3.63, 3.8) is 0 Å². The third-order valence-electron chi connectivity index (χ3n) is 11.6. The Morgan fingerprint density at radius 1 is 0.423 bits per heavy atom. The monoisotopic (exact) mass is 1150 g/mol. The second-order valence-electron chi connectivity index (χ2n) is 17.6. The zero-order valence-corrected chi connectivity index (χ0v) is 38.9. The highest BCUT2D eigenvalue weighted by atomic mass is 19.4. The molecule has 0 aliphatic heterocycles. The Kier molecular flexibility index (Phi) is 17.1. The van der Waals surface area contributed by atoms with Crippen LogP contribution >= 0.6 is 0 Å². The van der Waals surface area contributed by atoms with Gasteiger partial charge in [-0.05, 0) is 30.2 Å². The number of hydrogen-bond acceptors (Lipinski definition) is 3. The van der Waals surface area contributed by atoms with Gasteiger partial charge in [-0.25, -0.2) is 0 Å². The summed E-state index contributed by atoms with van der Waals surface area (Å²) in [5, 5.41) is 0. The number of nitrogens with zero attached hydrogens (tertiary/aromatic N) is 2. The molecule has 4 nitrogen and oxygen atoms in total. The molecule has 0 saturated heterocycles. The topological polar surface area (TPSA) is 50.9 Å². The molecule has 0 aliphatic rings. The Morgan fingerprint density at radius 3 is 0.936 bits per heavy atom. The van der Waals surface area contributed by atoms with Crippen molar-refractivity contribution in [2.45, 2.75) is 76.2 Å². The van der Waals surface area contributed by atoms with Gasteiger partial charge in [-0.1, -0.05) is 92.7 Å². The minimum absolute atomic E-state index is 0.0129. The van der Waals surface area contributed by atoms with Gasteiger partial charge in [0.25, 0.3) is 5.69 Å². The highest BCUT2D eigenvalue weighted by Gasteiger charge is 2.47. The van der Waals surface area contributed by atoms with Gasteiger partial charge >= 0.3 is 49.4 Å². The van der Waals surface area contributed by atoms with Gasteiger partial charge < -0.3 is 0 Å². The summed E-state index contributed by atoms with van der Waals surface area (Å²) in [6, 6.07) is 0.271. The van der Waals surface area contributed by atoms with Gasteiger partial charge in [0, 0.05) is 12.0 Å². The number of halogens is 24. The number of ketones is 2. The van der Waals surface area contributed by atoms with Crippen molar-refractivity contribution in [3.05, 3.63) is 177 Å². The highest BCUT2D eigenvalue weighted by Crippen LogP contribution is 2.41. The van der Waals surface area contributed by atoms with Gasteiger partial charge in [0.1, 0.15) is 12.3 Å². The maximum Gasteiger partial charge on any atom is 0.416 e. The van der Waals surface area contributed by atoms with Crippen molar-refractivity contribution in [1.82, 2.24) is 4.98 Å². The van der Waals surface area contributed by atoms with Crippen LogP contribution < -0.4 is 26.4 Å². The molecule has 0 N–H and O–H groups in total. The molecule has 0 atom stereocenters. The smallest absolute Gasteiger partial charge is 0.287 e. The standard InChI is InChI=1S/C32H12BF24.C17H19N2O2/c34-25(35,36)13-1-14(26(37,38)39)6-21(5-13)33(22-7-15(27(40,41)42)2-16(8-22)28(43,44)45,23-9-17(29(46,47)48)3-18(10-23)30(49,50)51)24-11-19(31(52,53)54)4-20(12-24)32(55,56)57;1-13(2)10-16(20)15-11-18-8-9-19(15)12-17(21)14-6-4-3-5-7-14/h1-12H;3-9,11,13H,10,12H2,1-2H3/q-1;+1. The average Bonchev–Trinajstić information content (AvgIpc) is 3.29. The summed E-state index contributed by atoms with van der Waals surface area (Å²) in [5.74, 6) is 0.264. The zero-order valence-electron chi connectivity index (χ0n) is 38.9. The fraction of sp³-hybridized carbons (Fsp3) is 0.265. The number of hydrogen-bond donors (Lipinski definition) is 0. The van der Waals surface area contributed by atoms with Gasteiger partial charge in [-0.15, -0.1) is 0 Å². The summed E-state index contributed by atoms with van der Waals surface area (Å²) in [4.78, 5) is 28.5. The van der Waals surface area contributed by atoms with Crippen LogP contribution in [0.3, 0.4) is 0 Å². The molecular weight excluding hydrogens is 1120 g/mol. The second kappa shape index (κ2) is 21.6. The molecule has 29 heteroatoms. The number of aromatic nitrogens is 2. The number of alkyl halides is 24. The van der Waals surface area contributed by atoms with Crippen molar-refractivity contribution in [3.8, 4) is 0 Å². The maximum atomic E-state index is 14.2. The summed E-state index contributed by atoms with van der Waals surface area (Å²) in [6.45, 7) is 4.13. The fourth-order valence-electron chi connectivity index (χ4n) is 8.17. The summed E-state index contributed by atoms with van der Waals surface area (Å²) in [7, 11) is 0. The third kappa shape index (κ3) is 14.5. The van der Waals surface area contributed by atoms with Crippen LogP contribution in [0, 0.1) is 5.92 Å². The molecule has 0 aliphatic carbocycles. The second-order valence-corrected chi connectivity index (χ2v) is 17.6. The Balaban J connectivity index is 0.000000443. The van der Waals surface area contributed by atoms with Crippen molar-refractivity contribution in [1.29, 1.82) is 0 Å². The molecular formula is C49H31BF24N2O2. The summed E-state index contributed by atoms with van der Waals surface area (Å²) in [6.07, 6.45) is -49.6. The quantitative estimate of drug-likeness (QED) is 0.0594. The lowest BCUT2D eigenvalue weighted by molar-refractivity contribution is -0.685. The predicted molar refractivity (Wildman–Crippen MR) is 229 cm³/mol. The highest BCUT2D eigenvalue weighted by molar-refractivity contribution is 7.20. The molecule has 420 valence electrons. The van der Waals surface area contributed by atoms with E-state index in [1.54, 1.807) is 29.1 Å². The number of benzene rings is 5. The lowest BCUT2D eigenvalue weighted by atomic mass is 9.12. The number of carbonyl (C=O) groups excluding carboxylic acids is 2. The molecule has 78 heavy (non-hydrogen) atoms. The van der Waals surface area contributed by atoms with Gasteiger partial charge in [-0.3, -0.25) is 14.6 Å². The Hall–Kier alpha value is -7.10. The number of Topliss-reactive ketones (excluding diaryl/α,β-unsaturated/α-hetero) is 2. The lowest BCUT2D eigenvalue weighted by Crippen LogP contribution is -2.75. The van der Waals surface area contributed by atoms with E-state index in [2.05, 4.69) is 4.98 Å². The van der Waals surface area contributed by atoms with Crippen molar-refractivity contribution in [2.75, 3.05) is 0 Å². The SMILES string of the molecule is CC(C)CC(=O)c1cncc[n+]1CC(=O)c1ccccc1.FC(F)(F)c1cc([B-](c2cc(C(F)(F)F)cc(C(F)(F)F)c2)(c2cc(C(F)(F)F)cc(C(F)(F)F)c2)c2cc(C(F)(F)F)cc(C(F)(F)F)c2)cc(C(F)(F)F)c1. The van der Waals surface area contributed by atoms with Crippen LogP contribution in [0.25, 0.3) is 0 Å². The number of rotatable bonds is 10. The molecule has 0 saturated carbocycles. The molecule has 0 radical (unpaired) electrons. The van der Waals surface area contributed by atoms with Crippen LogP contribution in [0.15, 0.2) is 122 Å². The van der Waals surface area contributed by atoms with Crippen molar-refractivity contribution < 1.29 is 120 Å². The zero-order chi connectivity index (χ0) is 59.2.